The van der Waals surface area contributed by atoms with E-state index in [9.17, 15) is 0 Å². The summed E-state index contributed by atoms with van der Waals surface area (Å²) in [6.07, 6.45) is 2.62. The predicted molar refractivity (Wildman–Crippen MR) is 69.0 cm³/mol. The highest BCUT2D eigenvalue weighted by atomic mass is 32.2. The molecule has 0 saturated carbocycles. The van der Waals surface area contributed by atoms with Crippen molar-refractivity contribution < 1.29 is 9.68 Å². The molecule has 0 aromatic carbocycles. The minimum Gasteiger partial charge on any atom is -0.390 e. The van der Waals surface area contributed by atoms with Crippen LogP contribution in [-0.4, -0.2) is 28.2 Å². The number of hydrogen-bond donors (Lipinski definition) is 0. The molecular weight excluding hydrogens is 224 g/mol. The molecule has 0 aliphatic carbocycles. The van der Waals surface area contributed by atoms with Gasteiger partial charge in [-0.25, -0.2) is 0 Å². The molecule has 0 amide bonds. The first-order valence-corrected chi connectivity index (χ1v) is 6.35. The van der Waals surface area contributed by atoms with E-state index in [1.54, 1.807) is 18.0 Å². The molecule has 92 valence electrons. The molecule has 0 N–H and O–H groups in total. The molecule has 1 aliphatic heterocycles. The second kappa shape index (κ2) is 5.08. The number of oxime groups is 2. The predicted octanol–water partition coefficient (Wildman–Crippen LogP) is 3.03. The van der Waals surface area contributed by atoms with Crippen molar-refractivity contribution in [3.63, 3.8) is 0 Å². The van der Waals surface area contributed by atoms with E-state index in [1.807, 2.05) is 34.6 Å². The lowest BCUT2D eigenvalue weighted by molar-refractivity contribution is 0.00184. The third-order valence-electron chi connectivity index (χ3n) is 1.70. The second-order valence-electron chi connectivity index (χ2n) is 5.32. The number of hydrogen-bond acceptors (Lipinski definition) is 5. The first-order valence-electron chi connectivity index (χ1n) is 5.36. The zero-order valence-electron chi connectivity index (χ0n) is 10.6. The topological polar surface area (TPSA) is 43.2 Å². The summed E-state index contributed by atoms with van der Waals surface area (Å²) in [4.78, 5) is 10.5. The molecule has 0 radical (unpaired) electrons. The maximum absolute atomic E-state index is 5.26. The van der Waals surface area contributed by atoms with E-state index < -0.39 is 0 Å². The van der Waals surface area contributed by atoms with Gasteiger partial charge in [0.2, 0.25) is 0 Å². The van der Waals surface area contributed by atoms with Gasteiger partial charge in [-0.3, -0.25) is 0 Å². The van der Waals surface area contributed by atoms with Gasteiger partial charge in [0, 0.05) is 12.2 Å². The fourth-order valence-corrected chi connectivity index (χ4v) is 1.91. The van der Waals surface area contributed by atoms with Crippen molar-refractivity contribution in [3.05, 3.63) is 0 Å². The molecule has 0 bridgehead atoms. The Balaban J connectivity index is 2.18. The van der Waals surface area contributed by atoms with Crippen molar-refractivity contribution in [1.29, 1.82) is 0 Å². The Kier molecular flexibility index (Phi) is 4.24. The van der Waals surface area contributed by atoms with Crippen LogP contribution in [0.4, 0.5) is 0 Å². The molecule has 0 atom stereocenters. The zero-order chi connectivity index (χ0) is 12.2. The first-order chi connectivity index (χ1) is 7.29. The van der Waals surface area contributed by atoms with Gasteiger partial charge in [-0.15, -0.1) is 11.8 Å². The van der Waals surface area contributed by atoms with Gasteiger partial charge in [-0.1, -0.05) is 10.3 Å². The lowest BCUT2D eigenvalue weighted by atomic mass is 10.1. The highest BCUT2D eigenvalue weighted by molar-refractivity contribution is 8.14. The van der Waals surface area contributed by atoms with Crippen molar-refractivity contribution in [2.45, 2.75) is 52.2 Å². The van der Waals surface area contributed by atoms with Crippen LogP contribution >= 0.6 is 11.8 Å². The van der Waals surface area contributed by atoms with Crippen LogP contribution in [0, 0.1) is 0 Å². The molecule has 0 aromatic heterocycles. The van der Waals surface area contributed by atoms with Gasteiger partial charge in [-0.05, 0) is 34.6 Å². The van der Waals surface area contributed by atoms with Gasteiger partial charge < -0.3 is 9.68 Å². The minimum absolute atomic E-state index is 0.151. The summed E-state index contributed by atoms with van der Waals surface area (Å²) in [6, 6.07) is 0. The Morgan fingerprint density at radius 1 is 1.56 bits per heavy atom. The van der Waals surface area contributed by atoms with Crippen LogP contribution in [-0.2, 0) is 9.68 Å². The Labute approximate surface area is 101 Å². The Morgan fingerprint density at radius 2 is 2.25 bits per heavy atom. The molecule has 1 rings (SSSR count). The normalized spacial score (nSPS) is 19.7. The SMILES string of the molecule is CC(C)(C)ON=CCSC1=NOC(C)(C)C1. The molecule has 0 aromatic rings. The molecular formula is C11H20N2O2S. The fraction of sp³-hybridized carbons (Fsp3) is 0.818. The van der Waals surface area contributed by atoms with E-state index >= 15 is 0 Å². The highest BCUT2D eigenvalue weighted by Crippen LogP contribution is 2.27. The molecule has 0 spiro atoms. The third kappa shape index (κ3) is 5.39. The average molecular weight is 244 g/mol. The van der Waals surface area contributed by atoms with Gasteiger partial charge in [0.1, 0.15) is 16.2 Å². The molecule has 4 nitrogen and oxygen atoms in total. The summed E-state index contributed by atoms with van der Waals surface area (Å²) < 4.78 is 0. The summed E-state index contributed by atoms with van der Waals surface area (Å²) in [6.45, 7) is 9.96. The Hall–Kier alpha value is -0.710. The molecule has 0 unspecified atom stereocenters. The quantitative estimate of drug-likeness (QED) is 0.566. The van der Waals surface area contributed by atoms with Crippen molar-refractivity contribution in [2.24, 2.45) is 10.3 Å². The van der Waals surface area contributed by atoms with Gasteiger partial charge in [0.05, 0.1) is 6.21 Å². The largest absolute Gasteiger partial charge is 0.390 e. The maximum atomic E-state index is 5.26. The number of nitrogens with zero attached hydrogens (tertiary/aromatic N) is 2. The van der Waals surface area contributed by atoms with E-state index in [0.717, 1.165) is 17.2 Å². The van der Waals surface area contributed by atoms with Crippen molar-refractivity contribution >= 4 is 23.0 Å². The van der Waals surface area contributed by atoms with E-state index in [0.29, 0.717) is 0 Å². The number of thioether (sulfide) groups is 1. The second-order valence-corrected chi connectivity index (χ2v) is 6.41. The highest BCUT2D eigenvalue weighted by Gasteiger charge is 2.28. The van der Waals surface area contributed by atoms with Crippen LogP contribution in [0.25, 0.3) is 0 Å². The van der Waals surface area contributed by atoms with Crippen LogP contribution in [0.2, 0.25) is 0 Å². The Morgan fingerprint density at radius 3 is 2.75 bits per heavy atom. The van der Waals surface area contributed by atoms with Gasteiger partial charge in [-0.2, -0.15) is 0 Å². The van der Waals surface area contributed by atoms with E-state index in [1.165, 1.54) is 0 Å². The molecule has 5 heteroatoms. The van der Waals surface area contributed by atoms with Crippen LogP contribution in [0.3, 0.4) is 0 Å². The van der Waals surface area contributed by atoms with Crippen LogP contribution < -0.4 is 0 Å². The van der Waals surface area contributed by atoms with Crippen molar-refractivity contribution in [1.82, 2.24) is 0 Å². The zero-order valence-corrected chi connectivity index (χ0v) is 11.4. The maximum Gasteiger partial charge on any atom is 0.138 e. The molecule has 16 heavy (non-hydrogen) atoms. The summed E-state index contributed by atoms with van der Waals surface area (Å²) in [5.41, 5.74) is -0.376. The van der Waals surface area contributed by atoms with Crippen LogP contribution in [0.15, 0.2) is 10.3 Å². The molecule has 0 fully saturated rings. The monoisotopic (exact) mass is 244 g/mol. The third-order valence-corrected chi connectivity index (χ3v) is 2.56. The summed E-state index contributed by atoms with van der Waals surface area (Å²) in [5, 5.41) is 8.93. The first kappa shape index (κ1) is 13.4. The standard InChI is InChI=1S/C11H20N2O2S/c1-10(2,3)14-12-6-7-16-9-8-11(4,5)15-13-9/h6H,7-8H2,1-5H3. The van der Waals surface area contributed by atoms with Crippen LogP contribution in [0.1, 0.15) is 41.0 Å². The van der Waals surface area contributed by atoms with Crippen molar-refractivity contribution in [2.75, 3.05) is 5.75 Å². The van der Waals surface area contributed by atoms with Gasteiger partial charge >= 0.3 is 0 Å². The van der Waals surface area contributed by atoms with E-state index in [2.05, 4.69) is 10.3 Å². The fourth-order valence-electron chi connectivity index (χ4n) is 1.04. The summed E-state index contributed by atoms with van der Waals surface area (Å²) in [5.74, 6) is 0.758. The van der Waals surface area contributed by atoms with Crippen LogP contribution in [0.5, 0.6) is 0 Å². The minimum atomic E-state index is -0.225. The van der Waals surface area contributed by atoms with E-state index in [-0.39, 0.29) is 11.2 Å². The average Bonchev–Trinajstić information content (AvgIpc) is 2.43. The van der Waals surface area contributed by atoms with Crippen molar-refractivity contribution in [3.8, 4) is 0 Å². The molecule has 0 saturated heterocycles. The molecule has 1 aliphatic rings. The lowest BCUT2D eigenvalue weighted by Gasteiger charge is -2.14. The van der Waals surface area contributed by atoms with Gasteiger partial charge in [0.25, 0.3) is 0 Å². The van der Waals surface area contributed by atoms with Gasteiger partial charge in [0.15, 0.2) is 0 Å². The summed E-state index contributed by atoms with van der Waals surface area (Å²) >= 11 is 1.63. The summed E-state index contributed by atoms with van der Waals surface area (Å²) in [7, 11) is 0. The van der Waals surface area contributed by atoms with E-state index in [4.69, 9.17) is 9.68 Å². The lowest BCUT2D eigenvalue weighted by Crippen LogP contribution is -2.18. The molecule has 1 heterocycles. The number of rotatable bonds is 3. The Bertz CT molecular complexity index is 293. The smallest absolute Gasteiger partial charge is 0.138 e.